The van der Waals surface area contributed by atoms with Gasteiger partial charge in [0, 0.05) is 0 Å². The minimum absolute atomic E-state index is 0.0608. The maximum absolute atomic E-state index is 12.1. The van der Waals surface area contributed by atoms with Gasteiger partial charge >= 0.3 is 0 Å². The van der Waals surface area contributed by atoms with Gasteiger partial charge in [0.2, 0.25) is 11.1 Å². The number of nitrogens with one attached hydrogen (secondary N) is 1. The van der Waals surface area contributed by atoms with Crippen molar-refractivity contribution in [1.82, 2.24) is 25.5 Å². The predicted octanol–water partition coefficient (Wildman–Crippen LogP) is 0.892. The van der Waals surface area contributed by atoms with Crippen molar-refractivity contribution in [3.63, 3.8) is 0 Å². The Labute approximate surface area is 160 Å². The maximum atomic E-state index is 12.1. The van der Waals surface area contributed by atoms with E-state index >= 15 is 0 Å². The SMILES string of the molecule is Cc1cc(C)cc(-n2nnnc2SCC(=O)N[C@H]2CS(=O)(=O)C[C@@H]2Cl)c1. The van der Waals surface area contributed by atoms with Gasteiger partial charge in [-0.05, 0) is 47.5 Å². The zero-order chi connectivity index (χ0) is 18.9. The summed E-state index contributed by atoms with van der Waals surface area (Å²) in [5.74, 6) is -0.487. The maximum Gasteiger partial charge on any atom is 0.230 e. The van der Waals surface area contributed by atoms with Gasteiger partial charge in [-0.3, -0.25) is 4.79 Å². The van der Waals surface area contributed by atoms with Crippen LogP contribution < -0.4 is 5.32 Å². The van der Waals surface area contributed by atoms with Gasteiger partial charge in [-0.15, -0.1) is 16.7 Å². The van der Waals surface area contributed by atoms with Crippen LogP contribution in [-0.4, -0.2) is 63.2 Å². The third-order valence-electron chi connectivity index (χ3n) is 3.85. The number of rotatable bonds is 5. The summed E-state index contributed by atoms with van der Waals surface area (Å²) in [6.45, 7) is 3.97. The molecule has 140 valence electrons. The van der Waals surface area contributed by atoms with Gasteiger partial charge in [0.25, 0.3) is 0 Å². The van der Waals surface area contributed by atoms with Crippen LogP contribution in [0.2, 0.25) is 0 Å². The highest BCUT2D eigenvalue weighted by Gasteiger charge is 2.37. The fourth-order valence-corrected chi connectivity index (χ4v) is 6.07. The largest absolute Gasteiger partial charge is 0.350 e. The van der Waals surface area contributed by atoms with Crippen molar-refractivity contribution in [2.75, 3.05) is 17.3 Å². The Morgan fingerprint density at radius 3 is 2.62 bits per heavy atom. The van der Waals surface area contributed by atoms with E-state index in [1.807, 2.05) is 32.0 Å². The standard InChI is InChI=1S/C15H18ClN5O3S2/c1-9-3-10(2)5-11(4-9)21-15(18-19-20-21)25-6-14(22)17-13-8-26(23,24)7-12(13)16/h3-5,12-13H,6-8H2,1-2H3,(H,17,22)/t12-,13-/m0/s1. The predicted molar refractivity (Wildman–Crippen MR) is 99.6 cm³/mol. The molecule has 0 aliphatic carbocycles. The monoisotopic (exact) mass is 415 g/mol. The van der Waals surface area contributed by atoms with Crippen molar-refractivity contribution in [3.05, 3.63) is 29.3 Å². The molecule has 0 unspecified atom stereocenters. The molecular formula is C15H18ClN5O3S2. The number of sulfone groups is 1. The first kappa shape index (κ1) is 19.1. The van der Waals surface area contributed by atoms with Gasteiger partial charge in [0.15, 0.2) is 9.84 Å². The molecule has 2 heterocycles. The summed E-state index contributed by atoms with van der Waals surface area (Å²) in [6, 6.07) is 5.39. The molecule has 1 amide bonds. The molecule has 0 spiro atoms. The Hall–Kier alpha value is -1.65. The van der Waals surface area contributed by atoms with Gasteiger partial charge in [-0.25, -0.2) is 8.42 Å². The van der Waals surface area contributed by atoms with Crippen LogP contribution in [0.5, 0.6) is 0 Å². The van der Waals surface area contributed by atoms with Gasteiger partial charge in [0.05, 0.1) is 34.4 Å². The summed E-state index contributed by atoms with van der Waals surface area (Å²) < 4.78 is 24.7. The third-order valence-corrected chi connectivity index (χ3v) is 7.15. The Balaban J connectivity index is 1.64. The minimum atomic E-state index is -3.19. The van der Waals surface area contributed by atoms with Crippen molar-refractivity contribution in [1.29, 1.82) is 0 Å². The average Bonchev–Trinajstić information content (AvgIpc) is 3.08. The molecule has 0 bridgehead atoms. The molecule has 2 atom stereocenters. The summed E-state index contributed by atoms with van der Waals surface area (Å²) in [4.78, 5) is 12.1. The van der Waals surface area contributed by atoms with Crippen LogP contribution in [0.25, 0.3) is 5.69 Å². The zero-order valence-corrected chi connectivity index (χ0v) is 16.6. The Morgan fingerprint density at radius 1 is 1.31 bits per heavy atom. The molecule has 1 saturated heterocycles. The Bertz CT molecular complexity index is 911. The van der Waals surface area contributed by atoms with Crippen molar-refractivity contribution in [2.24, 2.45) is 0 Å². The van der Waals surface area contributed by atoms with E-state index in [0.29, 0.717) is 5.16 Å². The lowest BCUT2D eigenvalue weighted by Gasteiger charge is -2.14. The molecule has 1 N–H and O–H groups in total. The number of nitrogens with zero attached hydrogens (tertiary/aromatic N) is 4. The van der Waals surface area contributed by atoms with Crippen LogP contribution in [0.1, 0.15) is 11.1 Å². The second-order valence-electron chi connectivity index (χ2n) is 6.27. The quantitative estimate of drug-likeness (QED) is 0.570. The molecule has 1 aromatic heterocycles. The first-order valence-corrected chi connectivity index (χ1v) is 11.1. The Kier molecular flexibility index (Phi) is 5.54. The van der Waals surface area contributed by atoms with Gasteiger partial charge < -0.3 is 5.32 Å². The highest BCUT2D eigenvalue weighted by atomic mass is 35.5. The van der Waals surface area contributed by atoms with Crippen LogP contribution >= 0.6 is 23.4 Å². The fraction of sp³-hybridized carbons (Fsp3) is 0.467. The van der Waals surface area contributed by atoms with E-state index in [-0.39, 0.29) is 23.2 Å². The number of alkyl halides is 1. The summed E-state index contributed by atoms with van der Waals surface area (Å²) in [5.41, 5.74) is 2.98. The molecule has 1 aliphatic heterocycles. The average molecular weight is 416 g/mol. The van der Waals surface area contributed by atoms with Crippen molar-refractivity contribution in [3.8, 4) is 5.69 Å². The van der Waals surface area contributed by atoms with E-state index in [0.717, 1.165) is 16.8 Å². The van der Waals surface area contributed by atoms with E-state index in [2.05, 4.69) is 20.8 Å². The lowest BCUT2D eigenvalue weighted by molar-refractivity contribution is -0.119. The van der Waals surface area contributed by atoms with E-state index < -0.39 is 21.3 Å². The van der Waals surface area contributed by atoms with Crippen LogP contribution in [0.15, 0.2) is 23.4 Å². The molecule has 26 heavy (non-hydrogen) atoms. The van der Waals surface area contributed by atoms with Crippen LogP contribution in [0.3, 0.4) is 0 Å². The van der Waals surface area contributed by atoms with Crippen molar-refractivity contribution >= 4 is 39.1 Å². The molecule has 1 aliphatic rings. The summed E-state index contributed by atoms with van der Waals surface area (Å²) in [7, 11) is -3.19. The number of benzene rings is 1. The third kappa shape index (κ3) is 4.54. The zero-order valence-electron chi connectivity index (χ0n) is 14.2. The van der Waals surface area contributed by atoms with E-state index in [1.54, 1.807) is 4.68 Å². The molecule has 11 heteroatoms. The minimum Gasteiger partial charge on any atom is -0.350 e. The van der Waals surface area contributed by atoms with Gasteiger partial charge in [0.1, 0.15) is 0 Å². The highest BCUT2D eigenvalue weighted by Crippen LogP contribution is 2.21. The number of carbonyl (C=O) groups is 1. The molecule has 2 aromatic rings. The Morgan fingerprint density at radius 2 is 2.00 bits per heavy atom. The number of hydrogen-bond donors (Lipinski definition) is 1. The molecular weight excluding hydrogens is 398 g/mol. The molecule has 1 aromatic carbocycles. The van der Waals surface area contributed by atoms with Crippen molar-refractivity contribution in [2.45, 2.75) is 30.4 Å². The van der Waals surface area contributed by atoms with E-state index in [9.17, 15) is 13.2 Å². The van der Waals surface area contributed by atoms with Crippen molar-refractivity contribution < 1.29 is 13.2 Å². The summed E-state index contributed by atoms with van der Waals surface area (Å²) >= 11 is 7.18. The number of hydrogen-bond acceptors (Lipinski definition) is 7. The van der Waals surface area contributed by atoms with Crippen LogP contribution in [0, 0.1) is 13.8 Å². The van der Waals surface area contributed by atoms with Gasteiger partial charge in [-0.1, -0.05) is 17.8 Å². The number of amides is 1. The lowest BCUT2D eigenvalue weighted by Crippen LogP contribution is -2.41. The first-order valence-electron chi connectivity index (χ1n) is 7.87. The fourth-order valence-electron chi connectivity index (χ4n) is 2.82. The number of carbonyl (C=O) groups excluding carboxylic acids is 1. The van der Waals surface area contributed by atoms with Crippen LogP contribution in [0.4, 0.5) is 0 Å². The molecule has 8 nitrogen and oxygen atoms in total. The second-order valence-corrected chi connectivity index (χ2v) is 9.93. The van der Waals surface area contributed by atoms with Crippen LogP contribution in [-0.2, 0) is 14.6 Å². The van der Waals surface area contributed by atoms with Gasteiger partial charge in [-0.2, -0.15) is 4.68 Å². The first-order chi connectivity index (χ1) is 12.2. The highest BCUT2D eigenvalue weighted by molar-refractivity contribution is 7.99. The lowest BCUT2D eigenvalue weighted by atomic mass is 10.1. The number of aromatic nitrogens is 4. The number of thioether (sulfide) groups is 1. The number of aryl methyl sites for hydroxylation is 2. The topological polar surface area (TPSA) is 107 Å². The number of tetrazole rings is 1. The number of halogens is 1. The second kappa shape index (κ2) is 7.53. The van der Waals surface area contributed by atoms with E-state index in [1.165, 1.54) is 11.8 Å². The smallest absolute Gasteiger partial charge is 0.230 e. The molecule has 0 saturated carbocycles. The summed E-state index contributed by atoms with van der Waals surface area (Å²) in [5, 5.41) is 14.2. The normalized spacial score (nSPS) is 21.7. The molecule has 1 fully saturated rings. The molecule has 3 rings (SSSR count). The molecule has 0 radical (unpaired) electrons. The summed E-state index contributed by atoms with van der Waals surface area (Å²) in [6.07, 6.45) is 0. The van der Waals surface area contributed by atoms with E-state index in [4.69, 9.17) is 11.6 Å².